The number of methoxy groups -OCH3 is 1. The Morgan fingerprint density at radius 1 is 1.03 bits per heavy atom. The van der Waals surface area contributed by atoms with Crippen LogP contribution in [0.4, 0.5) is 14.4 Å². The topological polar surface area (TPSA) is 173 Å². The van der Waals surface area contributed by atoms with E-state index in [2.05, 4.69) is 18.9 Å². The predicted molar refractivity (Wildman–Crippen MR) is 117 cm³/mol. The number of carboxylic acid groups (broad SMARTS) is 1. The Labute approximate surface area is 198 Å². The summed E-state index contributed by atoms with van der Waals surface area (Å²) in [6, 6.07) is 0. The van der Waals surface area contributed by atoms with Crippen LogP contribution in [0.3, 0.4) is 0 Å². The van der Waals surface area contributed by atoms with E-state index in [0.29, 0.717) is 18.6 Å². The molecule has 13 nitrogen and oxygen atoms in total. The van der Waals surface area contributed by atoms with Crippen LogP contribution in [0.25, 0.3) is 0 Å². The van der Waals surface area contributed by atoms with Gasteiger partial charge in [0.1, 0.15) is 12.8 Å². The highest BCUT2D eigenvalue weighted by molar-refractivity contribution is 5.92. The number of ether oxygens (including phenoxy) is 6. The van der Waals surface area contributed by atoms with Crippen molar-refractivity contribution in [2.45, 2.75) is 52.4 Å². The third-order valence-corrected chi connectivity index (χ3v) is 4.00. The molecule has 0 aromatic rings. The monoisotopic (exact) mass is 490 g/mol. The lowest BCUT2D eigenvalue weighted by atomic mass is 10.1. The van der Waals surface area contributed by atoms with E-state index in [1.54, 1.807) is 27.0 Å². The lowest BCUT2D eigenvalue weighted by molar-refractivity contribution is -0.114. The van der Waals surface area contributed by atoms with Crippen molar-refractivity contribution in [3.63, 3.8) is 0 Å². The Hall–Kier alpha value is -3.48. The molecule has 1 fully saturated rings. The van der Waals surface area contributed by atoms with Crippen LogP contribution in [-0.2, 0) is 33.2 Å². The Balaban J connectivity index is 0.000000691. The molecule has 0 aromatic carbocycles. The van der Waals surface area contributed by atoms with Gasteiger partial charge in [0, 0.05) is 18.0 Å². The van der Waals surface area contributed by atoms with Crippen LogP contribution in [0.1, 0.15) is 40.0 Å². The van der Waals surface area contributed by atoms with Crippen LogP contribution in [0.2, 0.25) is 0 Å². The van der Waals surface area contributed by atoms with Gasteiger partial charge in [0.2, 0.25) is 5.91 Å². The average molecular weight is 491 g/mol. The molecule has 0 aromatic heterocycles. The number of allylic oxidation sites excluding steroid dienone is 1. The summed E-state index contributed by atoms with van der Waals surface area (Å²) < 4.78 is 27.9. The minimum absolute atomic E-state index is 0.166. The highest BCUT2D eigenvalue weighted by atomic mass is 16.7. The molecular formula is C21H34N2O11. The summed E-state index contributed by atoms with van der Waals surface area (Å²) in [6.45, 7) is 6.10. The van der Waals surface area contributed by atoms with E-state index in [0.717, 1.165) is 12.8 Å². The largest absolute Gasteiger partial charge is 0.508 e. The van der Waals surface area contributed by atoms with Gasteiger partial charge in [-0.15, -0.1) is 0 Å². The molecular weight excluding hydrogens is 456 g/mol. The van der Waals surface area contributed by atoms with Crippen LogP contribution < -0.4 is 5.73 Å². The third-order valence-electron chi connectivity index (χ3n) is 4.00. The molecule has 34 heavy (non-hydrogen) atoms. The fourth-order valence-corrected chi connectivity index (χ4v) is 2.57. The first-order valence-corrected chi connectivity index (χ1v) is 10.6. The maximum atomic E-state index is 11.2. The Bertz CT molecular complexity index is 709. The highest BCUT2D eigenvalue weighted by Crippen LogP contribution is 2.26. The molecule has 2 rings (SSSR count). The van der Waals surface area contributed by atoms with Crippen molar-refractivity contribution in [1.29, 1.82) is 0 Å². The van der Waals surface area contributed by atoms with Crippen LogP contribution in [0.15, 0.2) is 24.0 Å². The quantitative estimate of drug-likeness (QED) is 0.395. The van der Waals surface area contributed by atoms with E-state index >= 15 is 0 Å². The number of amides is 1. The van der Waals surface area contributed by atoms with Crippen molar-refractivity contribution < 1.29 is 52.7 Å². The lowest BCUT2D eigenvalue weighted by Gasteiger charge is -2.26. The number of hydrogen-bond acceptors (Lipinski definition) is 11. The first-order chi connectivity index (χ1) is 16.2. The van der Waals surface area contributed by atoms with E-state index in [1.807, 2.05) is 17.2 Å². The molecule has 2 heterocycles. The van der Waals surface area contributed by atoms with E-state index in [-0.39, 0.29) is 32.2 Å². The molecule has 0 radical (unpaired) electrons. The van der Waals surface area contributed by atoms with Crippen molar-refractivity contribution in [1.82, 2.24) is 4.90 Å². The van der Waals surface area contributed by atoms with E-state index in [1.165, 1.54) is 7.11 Å². The summed E-state index contributed by atoms with van der Waals surface area (Å²) in [4.78, 5) is 43.5. The Morgan fingerprint density at radius 3 is 2.12 bits per heavy atom. The minimum atomic E-state index is -1.21. The number of primary amides is 1. The first kappa shape index (κ1) is 30.5. The second-order valence-electron chi connectivity index (χ2n) is 6.42. The van der Waals surface area contributed by atoms with Gasteiger partial charge >= 0.3 is 18.5 Å². The number of hydrogen-bond donors (Lipinski definition) is 2. The summed E-state index contributed by atoms with van der Waals surface area (Å²) >= 11 is 0. The maximum Gasteiger partial charge on any atom is 0.508 e. The van der Waals surface area contributed by atoms with Gasteiger partial charge in [-0.05, 0) is 40.0 Å². The molecule has 0 spiro atoms. The molecule has 0 saturated carbocycles. The number of rotatable bonds is 7. The van der Waals surface area contributed by atoms with E-state index in [4.69, 9.17) is 20.3 Å². The van der Waals surface area contributed by atoms with Crippen molar-refractivity contribution in [2.75, 3.05) is 33.5 Å². The molecule has 194 valence electrons. The first-order valence-electron chi connectivity index (χ1n) is 10.6. The zero-order valence-corrected chi connectivity index (χ0v) is 19.9. The SMILES string of the molecule is CCOC(=O)O.CCOC(=O)OC.CCOC(=O)OC[C@@H]1CC[C@H](N2C=CCC(C(N)=O)=C2)O1. The average Bonchev–Trinajstić information content (AvgIpc) is 3.28. The fourth-order valence-electron chi connectivity index (χ4n) is 2.57. The minimum Gasteiger partial charge on any atom is -0.450 e. The Kier molecular flexibility index (Phi) is 16.2. The van der Waals surface area contributed by atoms with Crippen molar-refractivity contribution in [3.8, 4) is 0 Å². The van der Waals surface area contributed by atoms with Crippen LogP contribution in [0, 0.1) is 0 Å². The van der Waals surface area contributed by atoms with Crippen molar-refractivity contribution >= 4 is 24.4 Å². The third kappa shape index (κ3) is 13.8. The number of nitrogens with zero attached hydrogens (tertiary/aromatic N) is 1. The van der Waals surface area contributed by atoms with Gasteiger partial charge in [-0.2, -0.15) is 0 Å². The van der Waals surface area contributed by atoms with Gasteiger partial charge in [0.05, 0.1) is 33.0 Å². The van der Waals surface area contributed by atoms with Gasteiger partial charge < -0.3 is 44.2 Å². The highest BCUT2D eigenvalue weighted by Gasteiger charge is 2.30. The standard InChI is InChI=1S/C14H20N2O5.C4H8O3.C3H6O3/c1-2-19-14(18)20-9-11-5-6-12(21-11)16-7-3-4-10(8-16)13(15)17;1-3-7-4(5)6-2;1-2-6-3(4)5/h3,7-8,11-12H,2,4-6,9H2,1H3,(H2,15,17);3H2,1-2H3;2H2,1H3,(H,4,5)/t11-,12+;;/m0../s1. The van der Waals surface area contributed by atoms with Crippen LogP contribution >= 0.6 is 0 Å². The Morgan fingerprint density at radius 2 is 1.65 bits per heavy atom. The van der Waals surface area contributed by atoms with Gasteiger partial charge in [0.15, 0.2) is 0 Å². The van der Waals surface area contributed by atoms with Crippen molar-refractivity contribution in [3.05, 3.63) is 24.0 Å². The second-order valence-corrected chi connectivity index (χ2v) is 6.42. The van der Waals surface area contributed by atoms with Crippen LogP contribution in [0.5, 0.6) is 0 Å². The number of carbonyl (C=O) groups is 4. The molecule has 13 heteroatoms. The summed E-state index contributed by atoms with van der Waals surface area (Å²) in [7, 11) is 1.28. The zero-order chi connectivity index (χ0) is 25.9. The van der Waals surface area contributed by atoms with Crippen LogP contribution in [-0.4, -0.2) is 80.2 Å². The molecule has 2 atom stereocenters. The number of nitrogens with two attached hydrogens (primary N) is 1. The summed E-state index contributed by atoms with van der Waals surface area (Å²) in [6.07, 6.45) is 4.68. The second kappa shape index (κ2) is 18.0. The summed E-state index contributed by atoms with van der Waals surface area (Å²) in [5, 5.41) is 7.69. The van der Waals surface area contributed by atoms with Crippen molar-refractivity contribution in [2.24, 2.45) is 5.73 Å². The molecule has 1 amide bonds. The van der Waals surface area contributed by atoms with Gasteiger partial charge in [-0.3, -0.25) is 4.79 Å². The molecule has 1 saturated heterocycles. The molecule has 0 unspecified atom stereocenters. The normalized spacial score (nSPS) is 18.1. The molecule has 0 bridgehead atoms. The summed E-state index contributed by atoms with van der Waals surface area (Å²) in [5.74, 6) is -0.426. The van der Waals surface area contributed by atoms with Gasteiger partial charge in [-0.1, -0.05) is 6.08 Å². The molecule has 3 N–H and O–H groups in total. The van der Waals surface area contributed by atoms with E-state index in [9.17, 15) is 19.2 Å². The summed E-state index contributed by atoms with van der Waals surface area (Å²) in [5.41, 5.74) is 5.83. The van der Waals surface area contributed by atoms with E-state index < -0.39 is 24.4 Å². The molecule has 2 aliphatic heterocycles. The molecule has 2 aliphatic rings. The number of carbonyl (C=O) groups excluding carboxylic acids is 3. The fraction of sp³-hybridized carbons (Fsp3) is 0.619. The predicted octanol–water partition coefficient (Wildman–Crippen LogP) is 2.74. The zero-order valence-electron chi connectivity index (χ0n) is 19.9. The smallest absolute Gasteiger partial charge is 0.450 e. The molecule has 0 aliphatic carbocycles. The maximum absolute atomic E-state index is 11.2. The lowest BCUT2D eigenvalue weighted by Crippen LogP contribution is -2.30. The van der Waals surface area contributed by atoms with Gasteiger partial charge in [-0.25, -0.2) is 14.4 Å². The van der Waals surface area contributed by atoms with Gasteiger partial charge in [0.25, 0.3) is 0 Å².